The number of hydrogen-bond acceptors (Lipinski definition) is 19. The second kappa shape index (κ2) is 26.8. The molecule has 2 unspecified atom stereocenters. The second-order valence-electron chi connectivity index (χ2n) is 22.9. The van der Waals surface area contributed by atoms with E-state index in [0.29, 0.717) is 37.3 Å². The van der Waals surface area contributed by atoms with Gasteiger partial charge in [-0.2, -0.15) is 0 Å². The van der Waals surface area contributed by atoms with Crippen molar-refractivity contribution < 1.29 is 73.1 Å². The summed E-state index contributed by atoms with van der Waals surface area (Å²) in [4.78, 5) is 56.1. The molecule has 0 bridgehead atoms. The van der Waals surface area contributed by atoms with E-state index < -0.39 is 108 Å². The number of carboxylic acid groups (broad SMARTS) is 1. The molecule has 432 valence electrons. The minimum absolute atomic E-state index is 0.0591. The Morgan fingerprint density at radius 2 is 1.63 bits per heavy atom. The molecule has 0 saturated carbocycles. The van der Waals surface area contributed by atoms with Gasteiger partial charge in [0.15, 0.2) is 12.6 Å². The van der Waals surface area contributed by atoms with Crippen LogP contribution in [0.3, 0.4) is 0 Å². The Morgan fingerprint density at radius 1 is 0.947 bits per heavy atom. The lowest BCUT2D eigenvalue weighted by Gasteiger charge is -2.46. The fraction of sp³-hybridized carbons (Fsp3) is 0.782. The molecule has 0 radical (unpaired) electrons. The second-order valence-corrected chi connectivity index (χ2v) is 22.9. The number of benzene rings is 1. The number of likely N-dealkylation sites (N-methyl/N-ethyl adjacent to an activating group) is 2. The van der Waals surface area contributed by atoms with Crippen LogP contribution in [-0.2, 0) is 38.0 Å². The van der Waals surface area contributed by atoms with Crippen molar-refractivity contribution in [3.63, 3.8) is 0 Å². The first-order valence-corrected chi connectivity index (χ1v) is 27.1. The summed E-state index contributed by atoms with van der Waals surface area (Å²) in [5, 5.41) is 62.3. The summed E-state index contributed by atoms with van der Waals surface area (Å²) in [5.74, 6) is -4.68. The molecule has 5 rings (SSSR count). The molecule has 3 aliphatic heterocycles. The monoisotopic (exact) mass is 1080 g/mol. The number of aliphatic hydroxyl groups is 4. The zero-order valence-electron chi connectivity index (χ0n) is 47.6. The zero-order chi connectivity index (χ0) is 56.7. The predicted molar refractivity (Wildman–Crippen MR) is 285 cm³/mol. The maximum Gasteiger partial charge on any atom is 0.341 e. The Bertz CT molecular complexity index is 2280. The van der Waals surface area contributed by atoms with Gasteiger partial charge >= 0.3 is 17.9 Å². The van der Waals surface area contributed by atoms with E-state index in [1.807, 2.05) is 58.6 Å². The van der Waals surface area contributed by atoms with Gasteiger partial charge < -0.3 is 78.8 Å². The van der Waals surface area contributed by atoms with E-state index in [1.165, 1.54) is 19.2 Å². The number of ether oxygens (including phenoxy) is 7. The third-order valence-corrected chi connectivity index (χ3v) is 16.1. The number of nitrogens with one attached hydrogen (secondary N) is 1. The van der Waals surface area contributed by atoms with E-state index >= 15 is 0 Å². The molecule has 3 saturated heterocycles. The van der Waals surface area contributed by atoms with Crippen molar-refractivity contribution in [1.29, 1.82) is 0 Å². The van der Waals surface area contributed by atoms with E-state index in [0.717, 1.165) is 0 Å². The average molecular weight is 1080 g/mol. The van der Waals surface area contributed by atoms with Gasteiger partial charge in [0, 0.05) is 81.7 Å². The highest BCUT2D eigenvalue weighted by Gasteiger charge is 2.50. The van der Waals surface area contributed by atoms with Crippen molar-refractivity contribution in [2.75, 3.05) is 73.1 Å². The van der Waals surface area contributed by atoms with Gasteiger partial charge in [-0.1, -0.05) is 27.7 Å². The standard InChI is InChI=1S/C55H91N5O16/c1-16-43-55(10,69)50(64)35(7)59(15)27-30(2)26-54(9,68)40(29-71-53-47(63)42(57(11)12)24-32(4)72-53)33(5)49(34(6)52(67)74-43)76-45-23-31(3)48(36(8)73-45)75-44(61)19-20-56-21-22-70-37-17-18-38-41(25-37)60(58(13)14)28-39(46(38)62)51(65)66/h17-18,25,28,30-36,40,42-43,45,47-50,53,56,63-64,68-69H,16,19-24,26-27,29H2,1-15H3,(H,65,66)/t30-,31?,32-,33-,34-,35-,36+,40-,42+,43-,45+,47?,48-,49+,50-,53-,54-,55-/m1/s1. The van der Waals surface area contributed by atoms with Crippen LogP contribution in [0.5, 0.6) is 5.75 Å². The Kier molecular flexibility index (Phi) is 22.1. The summed E-state index contributed by atoms with van der Waals surface area (Å²) in [6.07, 6.45) is -5.01. The molecule has 0 amide bonds. The molecule has 18 atom stereocenters. The summed E-state index contributed by atoms with van der Waals surface area (Å²) in [6.45, 7) is 19.3. The number of pyridine rings is 1. The molecular formula is C55H91N5O16. The molecule has 21 nitrogen and oxygen atoms in total. The minimum Gasteiger partial charge on any atom is -0.492 e. The SMILES string of the molecule is CC[C@H]1OC(=O)[C@H](C)[C@@H](O[C@H]2CC(C)[C@@H](OC(=O)CCNCCOc3ccc4c(=O)c(C(=O)O)cn(N(C)C)c4c3)[C@H](C)O2)[C@H](C)[C@@H](CO[C@@H]2O[C@H](C)C[C@H](N(C)C)C2O)[C@](C)(O)C[C@@H](C)CN(C)[C@H](C)[C@@H](O)[C@]1(C)O. The van der Waals surface area contributed by atoms with Crippen molar-refractivity contribution in [3.8, 4) is 5.75 Å². The number of aromatic nitrogens is 1. The van der Waals surface area contributed by atoms with Gasteiger partial charge in [0.2, 0.25) is 5.43 Å². The minimum atomic E-state index is -1.83. The van der Waals surface area contributed by atoms with Crippen LogP contribution in [0.2, 0.25) is 0 Å². The number of carboxylic acids is 1. The smallest absolute Gasteiger partial charge is 0.341 e. The maximum absolute atomic E-state index is 14.5. The molecule has 1 aromatic carbocycles. The van der Waals surface area contributed by atoms with Gasteiger partial charge in [0.1, 0.15) is 47.9 Å². The Balaban J connectivity index is 1.29. The normalized spacial score (nSPS) is 36.5. The molecule has 3 aliphatic rings. The van der Waals surface area contributed by atoms with Gasteiger partial charge in [-0.25, -0.2) is 4.79 Å². The van der Waals surface area contributed by atoms with Crippen molar-refractivity contribution >= 4 is 28.8 Å². The van der Waals surface area contributed by atoms with E-state index in [4.69, 9.17) is 33.2 Å². The lowest BCUT2D eigenvalue weighted by Crippen LogP contribution is -2.59. The van der Waals surface area contributed by atoms with Crippen LogP contribution in [0.1, 0.15) is 112 Å². The molecule has 1 aromatic heterocycles. The first-order chi connectivity index (χ1) is 35.5. The van der Waals surface area contributed by atoms with Crippen molar-refractivity contribution in [2.45, 2.75) is 180 Å². The largest absolute Gasteiger partial charge is 0.492 e. The molecule has 0 aliphatic carbocycles. The molecular weight excluding hydrogens is 987 g/mol. The first kappa shape index (κ1) is 62.8. The van der Waals surface area contributed by atoms with Crippen LogP contribution in [-0.4, -0.2) is 205 Å². The number of esters is 2. The van der Waals surface area contributed by atoms with Crippen molar-refractivity contribution in [1.82, 2.24) is 19.8 Å². The number of fused-ring (bicyclic) bond motifs is 1. The highest BCUT2D eigenvalue weighted by atomic mass is 16.7. The molecule has 0 spiro atoms. The molecule has 21 heteroatoms. The Hall–Kier alpha value is -4.00. The molecule has 4 heterocycles. The summed E-state index contributed by atoms with van der Waals surface area (Å²) < 4.78 is 45.6. The Labute approximate surface area is 449 Å². The Morgan fingerprint density at radius 3 is 2.25 bits per heavy atom. The topological polar surface area (TPSA) is 261 Å². The van der Waals surface area contributed by atoms with Crippen LogP contribution in [0.15, 0.2) is 29.2 Å². The number of cyclic esters (lactones) is 1. The van der Waals surface area contributed by atoms with Gasteiger partial charge in [0.05, 0.1) is 48.4 Å². The number of hydrogen-bond donors (Lipinski definition) is 6. The number of aliphatic hydroxyl groups excluding tert-OH is 2. The number of rotatable bonds is 17. The maximum atomic E-state index is 14.5. The zero-order valence-corrected chi connectivity index (χ0v) is 47.6. The third kappa shape index (κ3) is 15.2. The fourth-order valence-corrected chi connectivity index (χ4v) is 11.6. The van der Waals surface area contributed by atoms with E-state index in [2.05, 4.69) is 5.32 Å². The summed E-state index contributed by atoms with van der Waals surface area (Å²) in [5.41, 5.74) is -3.72. The third-order valence-electron chi connectivity index (χ3n) is 16.1. The van der Waals surface area contributed by atoms with Gasteiger partial charge in [-0.05, 0) is 106 Å². The average Bonchev–Trinajstić information content (AvgIpc) is 3.33. The lowest BCUT2D eigenvalue weighted by atomic mass is 9.72. The number of aromatic carboxylic acids is 1. The lowest BCUT2D eigenvalue weighted by molar-refractivity contribution is -0.278. The predicted octanol–water partition coefficient (Wildman–Crippen LogP) is 3.20. The van der Waals surface area contributed by atoms with Crippen LogP contribution in [0, 0.1) is 29.6 Å². The number of carbonyl (C=O) groups is 3. The van der Waals surface area contributed by atoms with Crippen molar-refractivity contribution in [3.05, 3.63) is 40.2 Å². The quantitative estimate of drug-likeness (QED) is 0.0982. The molecule has 6 N–H and O–H groups in total. The van der Waals surface area contributed by atoms with E-state index in [1.54, 1.807) is 70.5 Å². The molecule has 76 heavy (non-hydrogen) atoms. The van der Waals surface area contributed by atoms with Crippen LogP contribution in [0.4, 0.5) is 0 Å². The summed E-state index contributed by atoms with van der Waals surface area (Å²) >= 11 is 0. The van der Waals surface area contributed by atoms with Gasteiger partial charge in [0.25, 0.3) is 0 Å². The highest BCUT2D eigenvalue weighted by molar-refractivity contribution is 5.93. The van der Waals surface area contributed by atoms with Crippen molar-refractivity contribution in [2.24, 2.45) is 29.6 Å². The van der Waals surface area contributed by atoms with E-state index in [9.17, 15) is 44.7 Å². The van der Waals surface area contributed by atoms with Gasteiger partial charge in [-0.3, -0.25) is 19.1 Å². The first-order valence-electron chi connectivity index (χ1n) is 27.1. The summed E-state index contributed by atoms with van der Waals surface area (Å²) in [7, 11) is 9.09. The fourth-order valence-electron chi connectivity index (χ4n) is 11.6. The van der Waals surface area contributed by atoms with Crippen LogP contribution >= 0.6 is 0 Å². The number of nitrogens with zero attached hydrogens (tertiary/aromatic N) is 4. The molecule has 2 aromatic rings. The molecule has 3 fully saturated rings. The highest BCUT2D eigenvalue weighted by Crippen LogP contribution is 2.40. The number of carbonyl (C=O) groups excluding carboxylic acids is 2. The van der Waals surface area contributed by atoms with Crippen LogP contribution < -0.4 is 20.5 Å². The summed E-state index contributed by atoms with van der Waals surface area (Å²) in [6, 6.07) is 4.02. The van der Waals surface area contributed by atoms with Crippen LogP contribution in [0.25, 0.3) is 10.9 Å². The van der Waals surface area contributed by atoms with Gasteiger partial charge in [-0.15, -0.1) is 0 Å². The van der Waals surface area contributed by atoms with E-state index in [-0.39, 0.29) is 73.8 Å².